The Morgan fingerprint density at radius 2 is 1.71 bits per heavy atom. The first-order chi connectivity index (χ1) is 16.7. The summed E-state index contributed by atoms with van der Waals surface area (Å²) >= 11 is 9.91. The molecule has 0 spiro atoms. The third-order valence-electron chi connectivity index (χ3n) is 5.49. The molecule has 0 heterocycles. The second-order valence-corrected chi connectivity index (χ2v) is 9.94. The van der Waals surface area contributed by atoms with Crippen LogP contribution in [0.25, 0.3) is 0 Å². The smallest absolute Gasteiger partial charge is 0.261 e. The molecule has 3 rings (SSSR count). The lowest BCUT2D eigenvalue weighted by molar-refractivity contribution is -0.143. The third-order valence-corrected chi connectivity index (χ3v) is 6.75. The summed E-state index contributed by atoms with van der Waals surface area (Å²) in [7, 11) is 0. The molecule has 2 amide bonds. The Morgan fingerprint density at radius 1 is 1.03 bits per heavy atom. The van der Waals surface area contributed by atoms with Gasteiger partial charge in [-0.2, -0.15) is 0 Å². The predicted molar refractivity (Wildman–Crippen MR) is 144 cm³/mol. The Balaban J connectivity index is 1.92. The van der Waals surface area contributed by atoms with Gasteiger partial charge in [-0.15, -0.1) is 0 Å². The Morgan fingerprint density at radius 3 is 2.37 bits per heavy atom. The SMILES string of the molecule is Cc1cc(OCC(=O)N(Cc2ccccc2Cl)[C@@H](Cc2ccccc2)C(=O)NC(C)C)ccc1Br. The van der Waals surface area contributed by atoms with Crippen LogP contribution in [0.4, 0.5) is 0 Å². The Kier molecular flexibility index (Phi) is 9.75. The van der Waals surface area contributed by atoms with Gasteiger partial charge in [0, 0.05) is 28.5 Å². The van der Waals surface area contributed by atoms with Crippen LogP contribution >= 0.6 is 27.5 Å². The number of benzene rings is 3. The number of carbonyl (C=O) groups excluding carboxylic acids is 2. The van der Waals surface area contributed by atoms with Gasteiger partial charge in [0.1, 0.15) is 11.8 Å². The lowest BCUT2D eigenvalue weighted by Crippen LogP contribution is -2.52. The van der Waals surface area contributed by atoms with E-state index in [-0.39, 0.29) is 31.0 Å². The zero-order valence-electron chi connectivity index (χ0n) is 20.1. The average Bonchev–Trinajstić information content (AvgIpc) is 2.83. The number of nitrogens with zero attached hydrogens (tertiary/aromatic N) is 1. The van der Waals surface area contributed by atoms with E-state index < -0.39 is 6.04 Å². The highest BCUT2D eigenvalue weighted by molar-refractivity contribution is 9.10. The molecule has 3 aromatic rings. The van der Waals surface area contributed by atoms with Crippen LogP contribution in [-0.2, 0) is 22.6 Å². The third kappa shape index (κ3) is 7.84. The molecule has 1 N–H and O–H groups in total. The number of ether oxygens (including phenoxy) is 1. The van der Waals surface area contributed by atoms with Crippen molar-refractivity contribution < 1.29 is 14.3 Å². The maximum Gasteiger partial charge on any atom is 0.261 e. The van der Waals surface area contributed by atoms with Crippen molar-refractivity contribution in [2.24, 2.45) is 0 Å². The molecule has 0 radical (unpaired) electrons. The molecule has 0 saturated heterocycles. The molecule has 0 aliphatic rings. The van der Waals surface area contributed by atoms with Gasteiger partial charge in [0.25, 0.3) is 5.91 Å². The van der Waals surface area contributed by atoms with Crippen LogP contribution in [0, 0.1) is 6.92 Å². The topological polar surface area (TPSA) is 58.6 Å². The predicted octanol–water partition coefficient (Wildman–Crippen LogP) is 5.95. The molecule has 0 bridgehead atoms. The molecule has 5 nitrogen and oxygen atoms in total. The average molecular weight is 558 g/mol. The number of rotatable bonds is 10. The lowest BCUT2D eigenvalue weighted by Gasteiger charge is -2.32. The summed E-state index contributed by atoms with van der Waals surface area (Å²) < 4.78 is 6.80. The van der Waals surface area contributed by atoms with E-state index in [2.05, 4.69) is 21.2 Å². The van der Waals surface area contributed by atoms with Crippen molar-refractivity contribution in [1.82, 2.24) is 10.2 Å². The van der Waals surface area contributed by atoms with Crippen LogP contribution < -0.4 is 10.1 Å². The normalized spacial score (nSPS) is 11.7. The summed E-state index contributed by atoms with van der Waals surface area (Å²) in [5, 5.41) is 3.51. The fraction of sp³-hybridized carbons (Fsp3) is 0.286. The van der Waals surface area contributed by atoms with Crippen molar-refractivity contribution >= 4 is 39.3 Å². The van der Waals surface area contributed by atoms with Crippen LogP contribution in [0.5, 0.6) is 5.75 Å². The Labute approximate surface area is 220 Å². The summed E-state index contributed by atoms with van der Waals surface area (Å²) in [4.78, 5) is 28.5. The van der Waals surface area contributed by atoms with Gasteiger partial charge in [0.15, 0.2) is 6.61 Å². The highest BCUT2D eigenvalue weighted by atomic mass is 79.9. The maximum atomic E-state index is 13.6. The molecule has 35 heavy (non-hydrogen) atoms. The van der Waals surface area contributed by atoms with E-state index in [0.717, 1.165) is 21.2 Å². The van der Waals surface area contributed by atoms with Crippen molar-refractivity contribution in [3.8, 4) is 5.75 Å². The lowest BCUT2D eigenvalue weighted by atomic mass is 10.0. The number of hydrogen-bond acceptors (Lipinski definition) is 3. The fourth-order valence-electron chi connectivity index (χ4n) is 3.68. The van der Waals surface area contributed by atoms with Crippen molar-refractivity contribution in [3.63, 3.8) is 0 Å². The quantitative estimate of drug-likeness (QED) is 0.335. The summed E-state index contributed by atoms with van der Waals surface area (Å²) in [5.41, 5.74) is 2.72. The summed E-state index contributed by atoms with van der Waals surface area (Å²) in [5.74, 6) is 0.0667. The van der Waals surface area contributed by atoms with Gasteiger partial charge in [-0.05, 0) is 61.7 Å². The molecule has 0 unspecified atom stereocenters. The van der Waals surface area contributed by atoms with E-state index in [4.69, 9.17) is 16.3 Å². The van der Waals surface area contributed by atoms with E-state index in [1.165, 1.54) is 0 Å². The van der Waals surface area contributed by atoms with Crippen molar-refractivity contribution in [1.29, 1.82) is 0 Å². The first-order valence-corrected chi connectivity index (χ1v) is 12.7. The molecule has 3 aromatic carbocycles. The summed E-state index contributed by atoms with van der Waals surface area (Å²) in [6.07, 6.45) is 0.368. The molecule has 0 aliphatic heterocycles. The van der Waals surface area contributed by atoms with Gasteiger partial charge < -0.3 is 15.0 Å². The number of amides is 2. The van der Waals surface area contributed by atoms with Gasteiger partial charge in [-0.25, -0.2) is 0 Å². The van der Waals surface area contributed by atoms with Crippen LogP contribution in [-0.4, -0.2) is 35.4 Å². The number of nitrogens with one attached hydrogen (secondary N) is 1. The standard InChI is InChI=1S/C28H30BrClN2O3/c1-19(2)31-28(34)26(16-21-9-5-4-6-10-21)32(17-22-11-7-8-12-25(22)30)27(33)18-35-23-13-14-24(29)20(3)15-23/h4-15,19,26H,16-18H2,1-3H3,(H,31,34)/t26-/m0/s1. The van der Waals surface area contributed by atoms with E-state index in [1.54, 1.807) is 17.0 Å². The number of carbonyl (C=O) groups is 2. The molecule has 7 heteroatoms. The highest BCUT2D eigenvalue weighted by Crippen LogP contribution is 2.23. The zero-order chi connectivity index (χ0) is 25.4. The van der Waals surface area contributed by atoms with Gasteiger partial charge in [-0.1, -0.05) is 76.1 Å². The second kappa shape index (κ2) is 12.8. The van der Waals surface area contributed by atoms with Gasteiger partial charge in [0.05, 0.1) is 0 Å². The summed E-state index contributed by atoms with van der Waals surface area (Å²) in [6.45, 7) is 5.73. The first-order valence-electron chi connectivity index (χ1n) is 11.5. The molecule has 1 atom stereocenters. The van der Waals surface area contributed by atoms with Crippen molar-refractivity contribution in [2.45, 2.75) is 45.8 Å². The molecule has 0 aliphatic carbocycles. The minimum Gasteiger partial charge on any atom is -0.484 e. The van der Waals surface area contributed by atoms with Crippen LogP contribution in [0.2, 0.25) is 5.02 Å². The van der Waals surface area contributed by atoms with Gasteiger partial charge >= 0.3 is 0 Å². The van der Waals surface area contributed by atoms with Crippen LogP contribution in [0.15, 0.2) is 77.3 Å². The van der Waals surface area contributed by atoms with E-state index in [1.807, 2.05) is 81.4 Å². The fourth-order valence-corrected chi connectivity index (χ4v) is 4.12. The van der Waals surface area contributed by atoms with E-state index in [0.29, 0.717) is 17.2 Å². The van der Waals surface area contributed by atoms with E-state index in [9.17, 15) is 9.59 Å². The Hall–Kier alpha value is -2.83. The largest absolute Gasteiger partial charge is 0.484 e. The maximum absolute atomic E-state index is 13.6. The molecule has 0 fully saturated rings. The van der Waals surface area contributed by atoms with Crippen molar-refractivity contribution in [2.75, 3.05) is 6.61 Å². The number of aryl methyl sites for hydroxylation is 1. The second-order valence-electron chi connectivity index (χ2n) is 8.68. The van der Waals surface area contributed by atoms with E-state index >= 15 is 0 Å². The summed E-state index contributed by atoms with van der Waals surface area (Å²) in [6, 6.07) is 21.8. The minimum atomic E-state index is -0.737. The Bertz CT molecular complexity index is 1150. The monoisotopic (exact) mass is 556 g/mol. The minimum absolute atomic E-state index is 0.0694. The van der Waals surface area contributed by atoms with Crippen LogP contribution in [0.3, 0.4) is 0 Å². The van der Waals surface area contributed by atoms with Gasteiger partial charge in [-0.3, -0.25) is 9.59 Å². The van der Waals surface area contributed by atoms with Crippen molar-refractivity contribution in [3.05, 3.63) is 99.0 Å². The molecule has 0 saturated carbocycles. The zero-order valence-corrected chi connectivity index (χ0v) is 22.5. The van der Waals surface area contributed by atoms with Crippen LogP contribution in [0.1, 0.15) is 30.5 Å². The molecule has 184 valence electrons. The molecular formula is C28H30BrClN2O3. The number of hydrogen-bond donors (Lipinski definition) is 1. The first kappa shape index (κ1) is 26.8. The van der Waals surface area contributed by atoms with Gasteiger partial charge in [0.2, 0.25) is 5.91 Å². The molecule has 0 aromatic heterocycles. The molecular weight excluding hydrogens is 528 g/mol. The number of halogens is 2. The highest BCUT2D eigenvalue weighted by Gasteiger charge is 2.31.